The monoisotopic (exact) mass is 228 g/mol. The van der Waals surface area contributed by atoms with Crippen LogP contribution in [0.4, 0.5) is 0 Å². The smallest absolute Gasteiger partial charge is 0.313 e. The largest absolute Gasteiger partial charge is 0.469 e. The van der Waals surface area contributed by atoms with Crippen LogP contribution in [0.1, 0.15) is 32.6 Å². The average Bonchev–Trinajstić information content (AvgIpc) is 2.33. The molecule has 0 N–H and O–H groups in total. The van der Waals surface area contributed by atoms with Crippen LogP contribution in [-0.4, -0.2) is 32.1 Å². The Kier molecular flexibility index (Phi) is 3.50. The van der Waals surface area contributed by atoms with E-state index in [-0.39, 0.29) is 11.9 Å². The molecule has 1 saturated carbocycles. The van der Waals surface area contributed by atoms with Crippen molar-refractivity contribution in [1.82, 2.24) is 0 Å². The fourth-order valence-corrected chi connectivity index (χ4v) is 2.39. The Morgan fingerprint density at radius 2 is 1.81 bits per heavy atom. The summed E-state index contributed by atoms with van der Waals surface area (Å²) in [6.07, 6.45) is 4.18. The van der Waals surface area contributed by atoms with Gasteiger partial charge in [0.25, 0.3) is 0 Å². The maximum atomic E-state index is 11.3. The van der Waals surface area contributed by atoms with Gasteiger partial charge in [-0.1, -0.05) is 6.92 Å². The van der Waals surface area contributed by atoms with E-state index in [4.69, 9.17) is 9.47 Å². The van der Waals surface area contributed by atoms with Gasteiger partial charge >= 0.3 is 5.97 Å². The Bertz CT molecular complexity index is 246. The van der Waals surface area contributed by atoms with Crippen molar-refractivity contribution in [3.05, 3.63) is 0 Å². The SMILES string of the molecule is COC(=O)C1COC2(CCC(C)CC2)OC1. The minimum atomic E-state index is -0.406. The highest BCUT2D eigenvalue weighted by molar-refractivity contribution is 5.72. The van der Waals surface area contributed by atoms with Gasteiger partial charge in [-0.3, -0.25) is 4.79 Å². The van der Waals surface area contributed by atoms with Gasteiger partial charge in [-0.05, 0) is 18.8 Å². The first-order valence-electron chi connectivity index (χ1n) is 6.01. The van der Waals surface area contributed by atoms with Crippen LogP contribution in [-0.2, 0) is 19.0 Å². The van der Waals surface area contributed by atoms with Gasteiger partial charge in [0.05, 0.1) is 20.3 Å². The highest BCUT2D eigenvalue weighted by atomic mass is 16.7. The Labute approximate surface area is 96.2 Å². The van der Waals surface area contributed by atoms with Crippen molar-refractivity contribution in [1.29, 1.82) is 0 Å². The third-order valence-electron chi connectivity index (χ3n) is 3.67. The molecule has 4 heteroatoms. The van der Waals surface area contributed by atoms with Crippen LogP contribution >= 0.6 is 0 Å². The van der Waals surface area contributed by atoms with Crippen molar-refractivity contribution in [2.75, 3.05) is 20.3 Å². The number of methoxy groups -OCH3 is 1. The second-order valence-corrected chi connectivity index (χ2v) is 4.94. The van der Waals surface area contributed by atoms with Gasteiger partial charge < -0.3 is 14.2 Å². The molecule has 4 nitrogen and oxygen atoms in total. The van der Waals surface area contributed by atoms with Gasteiger partial charge in [-0.2, -0.15) is 0 Å². The van der Waals surface area contributed by atoms with Crippen LogP contribution in [0.2, 0.25) is 0 Å². The van der Waals surface area contributed by atoms with Crippen molar-refractivity contribution in [3.63, 3.8) is 0 Å². The molecule has 0 amide bonds. The van der Waals surface area contributed by atoms with Crippen molar-refractivity contribution in [2.24, 2.45) is 11.8 Å². The van der Waals surface area contributed by atoms with Crippen molar-refractivity contribution >= 4 is 5.97 Å². The molecule has 2 rings (SSSR count). The molecule has 2 fully saturated rings. The number of esters is 1. The summed E-state index contributed by atoms with van der Waals surface area (Å²) in [5, 5.41) is 0. The predicted molar refractivity (Wildman–Crippen MR) is 57.8 cm³/mol. The van der Waals surface area contributed by atoms with Gasteiger partial charge in [-0.15, -0.1) is 0 Å². The molecule has 0 aromatic heterocycles. The second kappa shape index (κ2) is 4.72. The van der Waals surface area contributed by atoms with Gasteiger partial charge in [0.2, 0.25) is 0 Å². The summed E-state index contributed by atoms with van der Waals surface area (Å²) in [4.78, 5) is 11.3. The molecule has 1 heterocycles. The summed E-state index contributed by atoms with van der Waals surface area (Å²) in [6.45, 7) is 3.12. The zero-order valence-electron chi connectivity index (χ0n) is 10.0. The van der Waals surface area contributed by atoms with Crippen LogP contribution in [0.15, 0.2) is 0 Å². The standard InChI is InChI=1S/C12H20O4/c1-9-3-5-12(6-4-9)15-7-10(8-16-12)11(13)14-2/h9-10H,3-8H2,1-2H3. The van der Waals surface area contributed by atoms with Crippen LogP contribution in [0.5, 0.6) is 0 Å². The van der Waals surface area contributed by atoms with Crippen molar-refractivity contribution in [2.45, 2.75) is 38.4 Å². The highest BCUT2D eigenvalue weighted by Crippen LogP contribution is 2.38. The zero-order chi connectivity index (χ0) is 11.6. The molecular formula is C12H20O4. The van der Waals surface area contributed by atoms with Gasteiger partial charge in [0, 0.05) is 12.8 Å². The van der Waals surface area contributed by atoms with E-state index in [1.54, 1.807) is 0 Å². The molecule has 1 aliphatic carbocycles. The lowest BCUT2D eigenvalue weighted by molar-refractivity contribution is -0.296. The number of carbonyl (C=O) groups excluding carboxylic acids is 1. The average molecular weight is 228 g/mol. The van der Waals surface area contributed by atoms with E-state index < -0.39 is 5.79 Å². The van der Waals surface area contributed by atoms with Crippen LogP contribution in [0.3, 0.4) is 0 Å². The van der Waals surface area contributed by atoms with E-state index in [0.29, 0.717) is 13.2 Å². The Morgan fingerprint density at radius 3 is 2.31 bits per heavy atom. The first-order valence-corrected chi connectivity index (χ1v) is 6.01. The molecule has 0 bridgehead atoms. The second-order valence-electron chi connectivity index (χ2n) is 4.94. The van der Waals surface area contributed by atoms with E-state index in [1.165, 1.54) is 7.11 Å². The Morgan fingerprint density at radius 1 is 1.25 bits per heavy atom. The molecule has 1 spiro atoms. The summed E-state index contributed by atoms with van der Waals surface area (Å²) in [7, 11) is 1.40. The molecule has 1 saturated heterocycles. The number of ether oxygens (including phenoxy) is 3. The molecular weight excluding hydrogens is 208 g/mol. The number of hydrogen-bond donors (Lipinski definition) is 0. The van der Waals surface area contributed by atoms with Gasteiger partial charge in [0.15, 0.2) is 5.79 Å². The quantitative estimate of drug-likeness (QED) is 0.641. The first kappa shape index (κ1) is 11.9. The third kappa shape index (κ3) is 2.38. The number of rotatable bonds is 1. The molecule has 0 radical (unpaired) electrons. The molecule has 0 unspecified atom stereocenters. The lowest BCUT2D eigenvalue weighted by atomic mass is 9.85. The van der Waals surface area contributed by atoms with E-state index >= 15 is 0 Å². The summed E-state index contributed by atoms with van der Waals surface area (Å²) in [5.41, 5.74) is 0. The van der Waals surface area contributed by atoms with E-state index in [0.717, 1.165) is 31.6 Å². The number of hydrogen-bond acceptors (Lipinski definition) is 4. The van der Waals surface area contributed by atoms with E-state index in [1.807, 2.05) is 0 Å². The molecule has 2 aliphatic rings. The fourth-order valence-electron chi connectivity index (χ4n) is 2.39. The highest BCUT2D eigenvalue weighted by Gasteiger charge is 2.41. The normalized spacial score (nSPS) is 39.6. The molecule has 0 aromatic rings. The Balaban J connectivity index is 1.87. The van der Waals surface area contributed by atoms with E-state index in [9.17, 15) is 4.79 Å². The molecule has 16 heavy (non-hydrogen) atoms. The lowest BCUT2D eigenvalue weighted by Crippen LogP contribution is -2.48. The van der Waals surface area contributed by atoms with Crippen molar-refractivity contribution < 1.29 is 19.0 Å². The summed E-state index contributed by atoms with van der Waals surface area (Å²) < 4.78 is 16.2. The minimum Gasteiger partial charge on any atom is -0.469 e. The summed E-state index contributed by atoms with van der Waals surface area (Å²) in [6, 6.07) is 0. The van der Waals surface area contributed by atoms with Crippen LogP contribution in [0, 0.1) is 11.8 Å². The molecule has 0 aromatic carbocycles. The fraction of sp³-hybridized carbons (Fsp3) is 0.917. The Hall–Kier alpha value is -0.610. The maximum absolute atomic E-state index is 11.3. The van der Waals surface area contributed by atoms with Crippen LogP contribution in [0.25, 0.3) is 0 Å². The van der Waals surface area contributed by atoms with Crippen molar-refractivity contribution in [3.8, 4) is 0 Å². The van der Waals surface area contributed by atoms with Gasteiger partial charge in [0.1, 0.15) is 5.92 Å². The minimum absolute atomic E-state index is 0.237. The number of carbonyl (C=O) groups is 1. The van der Waals surface area contributed by atoms with Gasteiger partial charge in [-0.25, -0.2) is 0 Å². The first-order chi connectivity index (χ1) is 7.65. The zero-order valence-corrected chi connectivity index (χ0v) is 10.0. The third-order valence-corrected chi connectivity index (χ3v) is 3.67. The molecule has 1 aliphatic heterocycles. The van der Waals surface area contributed by atoms with Crippen LogP contribution < -0.4 is 0 Å². The topological polar surface area (TPSA) is 44.8 Å². The van der Waals surface area contributed by atoms with E-state index in [2.05, 4.69) is 11.7 Å². The predicted octanol–water partition coefficient (Wildman–Crippen LogP) is 1.73. The summed E-state index contributed by atoms with van der Waals surface area (Å²) in [5.74, 6) is -0.137. The maximum Gasteiger partial charge on any atom is 0.313 e. The molecule has 92 valence electrons. The lowest BCUT2D eigenvalue weighted by Gasteiger charge is -2.43. The molecule has 0 atom stereocenters. The summed E-state index contributed by atoms with van der Waals surface area (Å²) >= 11 is 0.